The summed E-state index contributed by atoms with van der Waals surface area (Å²) in [5, 5.41) is 31.6. The van der Waals surface area contributed by atoms with Crippen molar-refractivity contribution in [3.63, 3.8) is 0 Å². The van der Waals surface area contributed by atoms with Crippen LogP contribution in [0.3, 0.4) is 0 Å². The van der Waals surface area contributed by atoms with E-state index < -0.39 is 0 Å². The molecule has 0 saturated carbocycles. The smallest absolute Gasteiger partial charge is 0.218 e. The number of aromatic amines is 1. The van der Waals surface area contributed by atoms with Crippen LogP contribution in [-0.2, 0) is 98.1 Å². The van der Waals surface area contributed by atoms with Gasteiger partial charge in [-0.15, -0.1) is 25.2 Å². The molecule has 153 valence electrons. The monoisotopic (exact) mass is 651 g/mol. The van der Waals surface area contributed by atoms with Crippen molar-refractivity contribution in [1.82, 2.24) is 45.8 Å². The minimum absolute atomic E-state index is 0. The zero-order valence-electron chi connectivity index (χ0n) is 17.3. The van der Waals surface area contributed by atoms with Crippen LogP contribution >= 0.6 is 0 Å². The van der Waals surface area contributed by atoms with Gasteiger partial charge in [-0.3, -0.25) is 0 Å². The van der Waals surface area contributed by atoms with Gasteiger partial charge in [0.2, 0.25) is 12.4 Å². The van der Waals surface area contributed by atoms with Crippen LogP contribution in [0, 0.1) is 25.2 Å². The minimum atomic E-state index is 0. The average Bonchev–Trinajstić information content (AvgIpc) is 3.36. The van der Waals surface area contributed by atoms with Gasteiger partial charge in [0.1, 0.15) is 0 Å². The Morgan fingerprint density at radius 1 is 1.00 bits per heavy atom. The Bertz CT molecular complexity index is 932. The van der Waals surface area contributed by atoms with E-state index in [1.165, 1.54) is 24.1 Å². The molecule has 4 heterocycles. The van der Waals surface area contributed by atoms with Gasteiger partial charge in [0.15, 0.2) is 17.5 Å². The van der Waals surface area contributed by atoms with Crippen molar-refractivity contribution in [2.75, 3.05) is 0 Å². The summed E-state index contributed by atoms with van der Waals surface area (Å²) < 4.78 is 11.8. The fraction of sp³-hybridized carbons (Fsp3) is 0.188. The van der Waals surface area contributed by atoms with Crippen LogP contribution in [0.4, 0.5) is 4.48 Å². The van der Waals surface area contributed by atoms with Gasteiger partial charge in [-0.1, -0.05) is 17.3 Å². The Morgan fingerprint density at radius 3 is 1.97 bits per heavy atom. The number of hydrogen-bond acceptors (Lipinski definition) is 8. The molecular formula is C16H19FN11Y3+. The zero-order valence-corrected chi connectivity index (χ0v) is 25.8. The molecule has 3 radical (unpaired) electrons. The number of aromatic nitrogens is 10. The first-order valence-corrected chi connectivity index (χ1v) is 7.88. The van der Waals surface area contributed by atoms with Gasteiger partial charge in [-0.2, -0.15) is 10.5 Å². The molecule has 4 aromatic heterocycles. The molecule has 0 bridgehead atoms. The van der Waals surface area contributed by atoms with E-state index in [9.17, 15) is 4.48 Å². The predicted molar refractivity (Wildman–Crippen MR) is 95.0 cm³/mol. The summed E-state index contributed by atoms with van der Waals surface area (Å²) in [5.74, 6) is 1.99. The van der Waals surface area contributed by atoms with Crippen molar-refractivity contribution in [3.05, 3.63) is 66.6 Å². The van der Waals surface area contributed by atoms with Crippen molar-refractivity contribution in [2.24, 2.45) is 0 Å². The molecule has 0 fully saturated rings. The number of H-pyrrole nitrogens is 1. The van der Waals surface area contributed by atoms with Crippen molar-refractivity contribution < 1.29 is 107 Å². The molecular weight excluding hydrogens is 632 g/mol. The van der Waals surface area contributed by atoms with E-state index in [0.717, 1.165) is 0 Å². The molecule has 11 nitrogen and oxygen atoms in total. The van der Waals surface area contributed by atoms with E-state index in [4.69, 9.17) is 5.26 Å². The van der Waals surface area contributed by atoms with E-state index in [-0.39, 0.29) is 98.1 Å². The van der Waals surface area contributed by atoms with E-state index in [1.807, 2.05) is 18.2 Å². The Kier molecular flexibility index (Phi) is 25.1. The molecule has 0 amide bonds. The summed E-state index contributed by atoms with van der Waals surface area (Å²) in [6.45, 7) is 4.98. The third-order valence-electron chi connectivity index (χ3n) is 2.50. The summed E-state index contributed by atoms with van der Waals surface area (Å²) in [6, 6.07) is 12.3. The van der Waals surface area contributed by atoms with Crippen LogP contribution < -0.4 is 4.79 Å². The Labute approximate surface area is 254 Å². The van der Waals surface area contributed by atoms with Gasteiger partial charge in [0.05, 0.1) is 10.6 Å². The van der Waals surface area contributed by atoms with Gasteiger partial charge >= 0.3 is 0 Å². The first-order chi connectivity index (χ1) is 13.6. The third kappa shape index (κ3) is 17.4. The average molecular weight is 651 g/mol. The largest absolute Gasteiger partial charge is 0.236 e. The number of nitrogens with one attached hydrogen (secondary N) is 1. The van der Waals surface area contributed by atoms with E-state index in [2.05, 4.69) is 41.0 Å². The molecule has 0 aliphatic heterocycles. The number of nitrogens with zero attached hydrogens (tertiary/aromatic N) is 10. The van der Waals surface area contributed by atoms with Crippen molar-refractivity contribution in [1.29, 1.82) is 5.26 Å². The molecule has 4 rings (SSSR count). The molecule has 15 heteroatoms. The molecule has 0 aliphatic rings. The van der Waals surface area contributed by atoms with Crippen LogP contribution in [0.25, 0.3) is 5.82 Å². The second-order valence-corrected chi connectivity index (χ2v) is 4.72. The first-order valence-electron chi connectivity index (χ1n) is 7.88. The number of tetrazole rings is 2. The quantitative estimate of drug-likeness (QED) is 0.323. The summed E-state index contributed by atoms with van der Waals surface area (Å²) >= 11 is 0. The molecule has 0 atom stereocenters. The van der Waals surface area contributed by atoms with Crippen molar-refractivity contribution in [3.8, 4) is 11.9 Å². The zero-order chi connectivity index (χ0) is 20.6. The summed E-state index contributed by atoms with van der Waals surface area (Å²) in [6.07, 6.45) is 4.36. The van der Waals surface area contributed by atoms with Gasteiger partial charge in [0, 0.05) is 128 Å². The van der Waals surface area contributed by atoms with Crippen LogP contribution in [0.2, 0.25) is 0 Å². The third-order valence-corrected chi connectivity index (χ3v) is 2.50. The number of aryl methyl sites for hydroxylation is 2. The number of pyridine rings is 2. The van der Waals surface area contributed by atoms with E-state index >= 15 is 0 Å². The van der Waals surface area contributed by atoms with Crippen LogP contribution in [0.15, 0.2) is 55.0 Å². The topological polar surface area (TPSA) is 139 Å². The second-order valence-electron chi connectivity index (χ2n) is 4.72. The maximum Gasteiger partial charge on any atom is 0.218 e. The molecule has 0 aliphatic carbocycles. The van der Waals surface area contributed by atoms with E-state index in [0.29, 0.717) is 22.3 Å². The predicted octanol–water partition coefficient (Wildman–Crippen LogP) is 1.10. The van der Waals surface area contributed by atoms with Gasteiger partial charge in [0.25, 0.3) is 0 Å². The van der Waals surface area contributed by atoms with E-state index in [1.54, 1.807) is 44.3 Å². The SMILES string of the molecule is CC#N.Cc1nn[nH]n1.Cc1nnn(-c2ccccn2)n1.F[n+]1ccccc1.[Y].[Y].[Y]. The first kappa shape index (κ1) is 34.8. The summed E-state index contributed by atoms with van der Waals surface area (Å²) in [7, 11) is 0. The fourth-order valence-corrected chi connectivity index (χ4v) is 1.44. The number of hydrogen-bond donors (Lipinski definition) is 1. The summed E-state index contributed by atoms with van der Waals surface area (Å²) in [4.78, 5) is 5.96. The normalized spacial score (nSPS) is 7.84. The molecule has 0 aromatic carbocycles. The maximum absolute atomic E-state index is 11.8. The second kappa shape index (κ2) is 22.4. The molecule has 0 saturated heterocycles. The molecule has 1 N–H and O–H groups in total. The van der Waals surface area contributed by atoms with Gasteiger partial charge in [-0.25, -0.2) is 4.98 Å². The molecule has 0 spiro atoms. The fourth-order valence-electron chi connectivity index (χ4n) is 1.44. The van der Waals surface area contributed by atoms with Gasteiger partial charge < -0.3 is 0 Å². The Morgan fingerprint density at radius 2 is 1.65 bits per heavy atom. The van der Waals surface area contributed by atoms with Crippen LogP contribution in [0.1, 0.15) is 18.6 Å². The number of halogens is 1. The number of rotatable bonds is 1. The standard InChI is InChI=1S/C7H7N5.C5H5FN.C2H4N4.C2H3N.3Y/c1-6-9-11-12(10-6)7-4-2-3-5-8-7;6-7-4-2-1-3-5-7;1-2-3-5-6-4-2;1-2-3;;;/h2-5H,1H3;1-5H;1H3,(H,3,4,5,6);1H3;;;/q;+1;;;;;. The Balaban J connectivity index is -0.000000360. The van der Waals surface area contributed by atoms with Crippen LogP contribution in [-0.4, -0.2) is 45.8 Å². The van der Waals surface area contributed by atoms with Crippen molar-refractivity contribution >= 4 is 0 Å². The van der Waals surface area contributed by atoms with Crippen molar-refractivity contribution in [2.45, 2.75) is 20.8 Å². The molecule has 4 aromatic rings. The van der Waals surface area contributed by atoms with Gasteiger partial charge in [-0.05, 0) is 31.2 Å². The summed E-state index contributed by atoms with van der Waals surface area (Å²) in [5.41, 5.74) is 0. The van der Waals surface area contributed by atoms with Crippen LogP contribution in [0.5, 0.6) is 0 Å². The Hall–Kier alpha value is -0.828. The minimum Gasteiger partial charge on any atom is -0.236 e. The molecule has 0 unspecified atom stereocenters. The maximum atomic E-state index is 11.8. The molecule has 31 heavy (non-hydrogen) atoms. The number of nitriles is 1.